The van der Waals surface area contributed by atoms with Gasteiger partial charge < -0.3 is 4.90 Å². The number of hydrogen-bond donors (Lipinski definition) is 0. The van der Waals surface area contributed by atoms with E-state index in [9.17, 15) is 0 Å². The van der Waals surface area contributed by atoms with Gasteiger partial charge in [0.25, 0.3) is 0 Å². The first-order chi connectivity index (χ1) is 30.9. The van der Waals surface area contributed by atoms with E-state index in [0.717, 1.165) is 0 Å². The third-order valence-corrected chi connectivity index (χ3v) is 16.0. The van der Waals surface area contributed by atoms with Crippen LogP contribution < -0.4 is 4.90 Å². The van der Waals surface area contributed by atoms with Gasteiger partial charge in [-0.2, -0.15) is 0 Å². The van der Waals surface area contributed by atoms with Crippen molar-refractivity contribution < 1.29 is 0 Å². The van der Waals surface area contributed by atoms with Gasteiger partial charge in [-0.25, -0.2) is 0 Å². The molecule has 1 nitrogen and oxygen atoms in total. The van der Waals surface area contributed by atoms with Gasteiger partial charge >= 0.3 is 0 Å². The Labute approximate surface area is 381 Å². The summed E-state index contributed by atoms with van der Waals surface area (Å²) in [7, 11) is 0. The van der Waals surface area contributed by atoms with E-state index in [2.05, 4.69) is 173 Å². The Morgan fingerprint density at radius 2 is 0.968 bits per heavy atom. The molecule has 326 valence electrons. The normalized spacial score (nSPS) is 18.7. The molecule has 63 heavy (non-hydrogen) atoms. The zero-order valence-electron chi connectivity index (χ0n) is 39.3. The topological polar surface area (TPSA) is 3.24 Å². The first-order valence-electron chi connectivity index (χ1n) is 25.4. The van der Waals surface area contributed by atoms with Crippen molar-refractivity contribution >= 4 is 17.1 Å². The first-order valence-corrected chi connectivity index (χ1v) is 25.4. The molecule has 0 N–H and O–H groups in total. The summed E-state index contributed by atoms with van der Waals surface area (Å²) in [6, 6.07) is 53.1. The largest absolute Gasteiger partial charge is 0.310 e. The van der Waals surface area contributed by atoms with E-state index in [1.54, 1.807) is 0 Å². The molecule has 9 rings (SSSR count). The van der Waals surface area contributed by atoms with Crippen LogP contribution in [-0.2, 0) is 5.41 Å². The van der Waals surface area contributed by atoms with Crippen molar-refractivity contribution in [3.05, 3.63) is 172 Å². The SMILES string of the molecule is CCCC(CC)c1cc(-c2ccc(N(c3ccc(C4CCCCC4)cc3)c3ccc4c(c3)C(C)(c3ccc(C5CCCCC5)cc3)c3ccccc3-4)cc2)cc(C(CC)CCC)c1. The van der Waals surface area contributed by atoms with Crippen LogP contribution in [0.2, 0.25) is 0 Å². The Balaban J connectivity index is 1.13. The van der Waals surface area contributed by atoms with Gasteiger partial charge in [0.05, 0.1) is 0 Å². The lowest BCUT2D eigenvalue weighted by molar-refractivity contribution is 0.443. The van der Waals surface area contributed by atoms with Crippen LogP contribution in [0.3, 0.4) is 0 Å². The fraction of sp³-hybridized carbons (Fsp3) is 0.419. The fourth-order valence-corrected chi connectivity index (χ4v) is 12.3. The van der Waals surface area contributed by atoms with Gasteiger partial charge in [-0.3, -0.25) is 0 Å². The van der Waals surface area contributed by atoms with Crippen molar-refractivity contribution in [2.75, 3.05) is 4.90 Å². The van der Waals surface area contributed by atoms with E-state index in [-0.39, 0.29) is 5.41 Å². The van der Waals surface area contributed by atoms with E-state index in [0.29, 0.717) is 23.7 Å². The van der Waals surface area contributed by atoms with Gasteiger partial charge in [0.2, 0.25) is 0 Å². The second kappa shape index (κ2) is 19.5. The Hall–Kier alpha value is -4.88. The van der Waals surface area contributed by atoms with Gasteiger partial charge in [-0.15, -0.1) is 0 Å². The molecule has 0 amide bonds. The van der Waals surface area contributed by atoms with Gasteiger partial charge in [0.15, 0.2) is 0 Å². The maximum absolute atomic E-state index is 2.56. The highest BCUT2D eigenvalue weighted by Crippen LogP contribution is 2.54. The van der Waals surface area contributed by atoms with Crippen LogP contribution in [0.5, 0.6) is 0 Å². The van der Waals surface area contributed by atoms with Crippen molar-refractivity contribution in [3.8, 4) is 22.3 Å². The lowest BCUT2D eigenvalue weighted by Gasteiger charge is -2.31. The summed E-state index contributed by atoms with van der Waals surface area (Å²) in [6.45, 7) is 11.9. The van der Waals surface area contributed by atoms with Crippen LogP contribution in [-0.4, -0.2) is 0 Å². The molecular weight excluding hydrogens is 759 g/mol. The van der Waals surface area contributed by atoms with E-state index in [1.807, 2.05) is 0 Å². The molecule has 2 fully saturated rings. The van der Waals surface area contributed by atoms with Crippen molar-refractivity contribution in [2.45, 2.75) is 166 Å². The van der Waals surface area contributed by atoms with Crippen molar-refractivity contribution in [1.82, 2.24) is 0 Å². The minimum absolute atomic E-state index is 0.266. The minimum Gasteiger partial charge on any atom is -0.310 e. The molecule has 6 aromatic carbocycles. The number of fused-ring (bicyclic) bond motifs is 3. The fourth-order valence-electron chi connectivity index (χ4n) is 12.3. The maximum Gasteiger partial charge on any atom is 0.0465 e. The van der Waals surface area contributed by atoms with Gasteiger partial charge in [0, 0.05) is 22.5 Å². The van der Waals surface area contributed by atoms with Gasteiger partial charge in [0.1, 0.15) is 0 Å². The average Bonchev–Trinajstić information content (AvgIpc) is 3.61. The Kier molecular flexibility index (Phi) is 13.4. The van der Waals surface area contributed by atoms with Crippen LogP contribution in [0.1, 0.15) is 200 Å². The number of benzene rings is 6. The Morgan fingerprint density at radius 1 is 0.476 bits per heavy atom. The van der Waals surface area contributed by atoms with Crippen LogP contribution in [0.15, 0.2) is 133 Å². The second-order valence-electron chi connectivity index (χ2n) is 19.8. The second-order valence-corrected chi connectivity index (χ2v) is 19.8. The summed E-state index contributed by atoms with van der Waals surface area (Å²) < 4.78 is 0. The van der Waals surface area contributed by atoms with E-state index < -0.39 is 0 Å². The first kappa shape index (κ1) is 43.4. The number of hydrogen-bond acceptors (Lipinski definition) is 1. The summed E-state index contributed by atoms with van der Waals surface area (Å²) >= 11 is 0. The smallest absolute Gasteiger partial charge is 0.0465 e. The molecule has 0 radical (unpaired) electrons. The summed E-state index contributed by atoms with van der Waals surface area (Å²) in [6.07, 6.45) is 20.8. The molecule has 1 heteroatoms. The number of nitrogens with zero attached hydrogens (tertiary/aromatic N) is 1. The van der Waals surface area contributed by atoms with Crippen molar-refractivity contribution in [1.29, 1.82) is 0 Å². The Bertz CT molecular complexity index is 2390. The van der Waals surface area contributed by atoms with Crippen LogP contribution in [0.25, 0.3) is 22.3 Å². The minimum atomic E-state index is -0.266. The molecule has 0 aliphatic heterocycles. The molecule has 0 heterocycles. The van der Waals surface area contributed by atoms with Gasteiger partial charge in [-0.05, 0) is 180 Å². The monoisotopic (exact) mass is 832 g/mol. The molecule has 6 aromatic rings. The predicted molar refractivity (Wildman–Crippen MR) is 272 cm³/mol. The van der Waals surface area contributed by atoms with Crippen LogP contribution in [0.4, 0.5) is 17.1 Å². The summed E-state index contributed by atoms with van der Waals surface area (Å²) in [5.41, 5.74) is 19.0. The quantitative estimate of drug-likeness (QED) is 0.0996. The number of anilines is 3. The molecule has 3 atom stereocenters. The zero-order valence-corrected chi connectivity index (χ0v) is 39.3. The lowest BCUT2D eigenvalue weighted by Crippen LogP contribution is -2.23. The van der Waals surface area contributed by atoms with Crippen LogP contribution >= 0.6 is 0 Å². The standard InChI is InChI=1S/C62H73N/c1-6-18-44(8-3)51-40-52(45(9-4)19-7-2)42-53(41-51)50-30-36-56(37-31-50)63(55-34-28-49(29-35-55)47-22-14-11-15-23-47)57-38-39-59-58-24-16-17-25-60(58)62(5,61(59)43-57)54-32-26-48(27-33-54)46-20-12-10-13-21-46/h16-17,24-47H,6-15,18-23H2,1-5H3. The van der Waals surface area contributed by atoms with Crippen molar-refractivity contribution in [3.63, 3.8) is 0 Å². The molecule has 0 bridgehead atoms. The summed E-state index contributed by atoms with van der Waals surface area (Å²) in [5.74, 6) is 2.59. The summed E-state index contributed by atoms with van der Waals surface area (Å²) in [4.78, 5) is 2.52. The Morgan fingerprint density at radius 3 is 1.51 bits per heavy atom. The molecule has 0 saturated heterocycles. The molecule has 3 aliphatic rings. The highest BCUT2D eigenvalue weighted by atomic mass is 15.1. The molecular formula is C62H73N. The average molecular weight is 832 g/mol. The summed E-state index contributed by atoms with van der Waals surface area (Å²) in [5, 5.41) is 0. The highest BCUT2D eigenvalue weighted by molar-refractivity contribution is 5.87. The maximum atomic E-state index is 2.56. The number of rotatable bonds is 15. The lowest BCUT2D eigenvalue weighted by atomic mass is 9.73. The highest BCUT2D eigenvalue weighted by Gasteiger charge is 2.41. The van der Waals surface area contributed by atoms with E-state index in [4.69, 9.17) is 0 Å². The van der Waals surface area contributed by atoms with Crippen LogP contribution in [0, 0.1) is 0 Å². The molecule has 3 unspecified atom stereocenters. The third kappa shape index (κ3) is 8.71. The van der Waals surface area contributed by atoms with Gasteiger partial charge in [-0.1, -0.05) is 176 Å². The van der Waals surface area contributed by atoms with E-state index >= 15 is 0 Å². The third-order valence-electron chi connectivity index (χ3n) is 16.0. The molecule has 2 saturated carbocycles. The zero-order chi connectivity index (χ0) is 43.3. The molecule has 3 aliphatic carbocycles. The molecule has 0 spiro atoms. The molecule has 0 aromatic heterocycles. The predicted octanol–water partition coefficient (Wildman–Crippen LogP) is 18.8. The van der Waals surface area contributed by atoms with Crippen molar-refractivity contribution in [2.24, 2.45) is 0 Å². The van der Waals surface area contributed by atoms with E-state index in [1.165, 1.54) is 181 Å².